The maximum absolute atomic E-state index is 9.91. The molecule has 0 amide bonds. The lowest BCUT2D eigenvalue weighted by Crippen LogP contribution is -2.36. The first kappa shape index (κ1) is 17.3. The Bertz CT molecular complexity index is 396. The summed E-state index contributed by atoms with van der Waals surface area (Å²) in [6.07, 6.45) is 3.14. The van der Waals surface area contributed by atoms with Crippen LogP contribution in [-0.4, -0.2) is 30.4 Å². The van der Waals surface area contributed by atoms with Crippen LogP contribution in [0.15, 0.2) is 24.3 Å². The Labute approximate surface area is 128 Å². The molecule has 4 heteroatoms. The monoisotopic (exact) mass is 299 g/mol. The van der Waals surface area contributed by atoms with E-state index in [1.54, 1.807) is 0 Å². The van der Waals surface area contributed by atoms with Gasteiger partial charge in [-0.1, -0.05) is 25.1 Å². The second-order valence-corrected chi connectivity index (χ2v) is 5.49. The number of hydrogen-bond acceptors (Lipinski definition) is 3. The van der Waals surface area contributed by atoms with E-state index in [1.807, 2.05) is 12.1 Å². The number of rotatable bonds is 8. The number of halogens is 1. The number of nitrogens with one attached hydrogen (secondary N) is 1. The van der Waals surface area contributed by atoms with Gasteiger partial charge in [0.2, 0.25) is 0 Å². The number of ether oxygens (including phenoxy) is 1. The zero-order valence-corrected chi connectivity index (χ0v) is 13.2. The van der Waals surface area contributed by atoms with Crippen LogP contribution in [-0.2, 0) is 0 Å². The van der Waals surface area contributed by atoms with E-state index in [4.69, 9.17) is 4.74 Å². The van der Waals surface area contributed by atoms with Gasteiger partial charge in [0.15, 0.2) is 0 Å². The highest BCUT2D eigenvalue weighted by molar-refractivity contribution is 5.85. The van der Waals surface area contributed by atoms with E-state index in [2.05, 4.69) is 31.3 Å². The van der Waals surface area contributed by atoms with Crippen LogP contribution >= 0.6 is 12.4 Å². The van der Waals surface area contributed by atoms with Gasteiger partial charge in [-0.3, -0.25) is 0 Å². The molecule has 2 unspecified atom stereocenters. The SMILES string of the molecule is CCC(C)NCC(O)COc1ccccc1C1CC1.Cl. The summed E-state index contributed by atoms with van der Waals surface area (Å²) in [7, 11) is 0. The van der Waals surface area contributed by atoms with E-state index in [-0.39, 0.29) is 12.4 Å². The standard InChI is InChI=1S/C16H25NO2.ClH/c1-3-12(2)17-10-14(18)11-19-16-7-5-4-6-15(16)13-8-9-13;/h4-7,12-14,17-18H,3,8-11H2,1-2H3;1H. The van der Waals surface area contributed by atoms with Crippen molar-refractivity contribution in [3.63, 3.8) is 0 Å². The molecule has 1 fully saturated rings. The smallest absolute Gasteiger partial charge is 0.122 e. The third kappa shape index (κ3) is 5.31. The van der Waals surface area contributed by atoms with Crippen LogP contribution in [0, 0.1) is 0 Å². The topological polar surface area (TPSA) is 41.5 Å². The fourth-order valence-electron chi connectivity index (χ4n) is 2.07. The molecule has 3 nitrogen and oxygen atoms in total. The predicted octanol–water partition coefficient (Wildman–Crippen LogP) is 3.11. The van der Waals surface area contributed by atoms with Crippen molar-refractivity contribution < 1.29 is 9.84 Å². The van der Waals surface area contributed by atoms with Crippen molar-refractivity contribution in [3.05, 3.63) is 29.8 Å². The zero-order chi connectivity index (χ0) is 13.7. The van der Waals surface area contributed by atoms with Crippen molar-refractivity contribution in [2.24, 2.45) is 0 Å². The average molecular weight is 300 g/mol. The first-order valence-electron chi connectivity index (χ1n) is 7.33. The van der Waals surface area contributed by atoms with Crippen molar-refractivity contribution in [3.8, 4) is 5.75 Å². The Morgan fingerprint density at radius 2 is 2.05 bits per heavy atom. The fraction of sp³-hybridized carbons (Fsp3) is 0.625. The minimum atomic E-state index is -0.457. The van der Waals surface area contributed by atoms with Gasteiger partial charge in [-0.05, 0) is 43.7 Å². The maximum atomic E-state index is 9.91. The Morgan fingerprint density at radius 3 is 2.70 bits per heavy atom. The molecule has 2 N–H and O–H groups in total. The highest BCUT2D eigenvalue weighted by Crippen LogP contribution is 2.44. The Hall–Kier alpha value is -0.770. The molecule has 20 heavy (non-hydrogen) atoms. The van der Waals surface area contributed by atoms with Crippen molar-refractivity contribution in [2.45, 2.75) is 51.2 Å². The Kier molecular flexibility index (Phi) is 7.35. The second kappa shape index (κ2) is 8.50. The van der Waals surface area contributed by atoms with Crippen LogP contribution in [0.25, 0.3) is 0 Å². The lowest BCUT2D eigenvalue weighted by molar-refractivity contribution is 0.103. The molecule has 0 bridgehead atoms. The van der Waals surface area contributed by atoms with Crippen molar-refractivity contribution in [1.82, 2.24) is 5.32 Å². The molecule has 0 aliphatic heterocycles. The molecule has 1 aromatic carbocycles. The number of aliphatic hydroxyl groups excluding tert-OH is 1. The third-order valence-corrected chi connectivity index (χ3v) is 3.68. The molecule has 0 aromatic heterocycles. The summed E-state index contributed by atoms with van der Waals surface area (Å²) in [5, 5.41) is 13.2. The van der Waals surface area contributed by atoms with Crippen molar-refractivity contribution in [2.75, 3.05) is 13.2 Å². The summed E-state index contributed by atoms with van der Waals surface area (Å²) in [4.78, 5) is 0. The lowest BCUT2D eigenvalue weighted by atomic mass is 10.1. The first-order valence-corrected chi connectivity index (χ1v) is 7.33. The van der Waals surface area contributed by atoms with Gasteiger partial charge in [0.25, 0.3) is 0 Å². The molecular weight excluding hydrogens is 274 g/mol. The normalized spacial score (nSPS) is 17.1. The summed E-state index contributed by atoms with van der Waals surface area (Å²) in [5.41, 5.74) is 1.30. The van der Waals surface area contributed by atoms with Crippen LogP contribution in [0.1, 0.15) is 44.6 Å². The average Bonchev–Trinajstić information content (AvgIpc) is 3.27. The van der Waals surface area contributed by atoms with Gasteiger partial charge in [-0.15, -0.1) is 12.4 Å². The summed E-state index contributed by atoms with van der Waals surface area (Å²) in [6, 6.07) is 8.62. The molecule has 0 radical (unpaired) electrons. The van der Waals surface area contributed by atoms with Gasteiger partial charge in [0.1, 0.15) is 18.5 Å². The molecule has 2 rings (SSSR count). The van der Waals surface area contributed by atoms with E-state index in [1.165, 1.54) is 18.4 Å². The molecule has 0 saturated heterocycles. The minimum absolute atomic E-state index is 0. The van der Waals surface area contributed by atoms with Gasteiger partial charge in [-0.25, -0.2) is 0 Å². The minimum Gasteiger partial charge on any atom is -0.491 e. The van der Waals surface area contributed by atoms with E-state index < -0.39 is 6.10 Å². The quantitative estimate of drug-likeness (QED) is 0.775. The van der Waals surface area contributed by atoms with Gasteiger partial charge in [-0.2, -0.15) is 0 Å². The third-order valence-electron chi connectivity index (χ3n) is 3.68. The van der Waals surface area contributed by atoms with Crippen LogP contribution in [0.2, 0.25) is 0 Å². The fourth-order valence-corrected chi connectivity index (χ4v) is 2.07. The van der Waals surface area contributed by atoms with Crippen LogP contribution in [0.3, 0.4) is 0 Å². The lowest BCUT2D eigenvalue weighted by Gasteiger charge is -2.17. The zero-order valence-electron chi connectivity index (χ0n) is 12.3. The highest BCUT2D eigenvalue weighted by Gasteiger charge is 2.26. The molecule has 1 aliphatic carbocycles. The van der Waals surface area contributed by atoms with Gasteiger partial charge < -0.3 is 15.2 Å². The van der Waals surface area contributed by atoms with Crippen LogP contribution in [0.5, 0.6) is 5.75 Å². The first-order chi connectivity index (χ1) is 9.20. The van der Waals surface area contributed by atoms with E-state index in [9.17, 15) is 5.11 Å². The summed E-state index contributed by atoms with van der Waals surface area (Å²) >= 11 is 0. The van der Waals surface area contributed by atoms with Gasteiger partial charge in [0, 0.05) is 12.6 Å². The van der Waals surface area contributed by atoms with E-state index in [0.717, 1.165) is 12.2 Å². The van der Waals surface area contributed by atoms with E-state index in [0.29, 0.717) is 25.1 Å². The molecular formula is C16H26ClNO2. The van der Waals surface area contributed by atoms with E-state index >= 15 is 0 Å². The number of hydrogen-bond donors (Lipinski definition) is 2. The Balaban J connectivity index is 0.00000200. The summed E-state index contributed by atoms with van der Waals surface area (Å²) in [5.74, 6) is 1.61. The predicted molar refractivity (Wildman–Crippen MR) is 84.9 cm³/mol. The molecule has 1 saturated carbocycles. The van der Waals surface area contributed by atoms with Crippen LogP contribution < -0.4 is 10.1 Å². The van der Waals surface area contributed by atoms with Crippen molar-refractivity contribution in [1.29, 1.82) is 0 Å². The van der Waals surface area contributed by atoms with Gasteiger partial charge >= 0.3 is 0 Å². The number of aliphatic hydroxyl groups is 1. The Morgan fingerprint density at radius 1 is 1.35 bits per heavy atom. The molecule has 0 spiro atoms. The summed E-state index contributed by atoms with van der Waals surface area (Å²) in [6.45, 7) is 5.19. The molecule has 114 valence electrons. The molecule has 1 aromatic rings. The summed E-state index contributed by atoms with van der Waals surface area (Å²) < 4.78 is 5.78. The molecule has 0 heterocycles. The second-order valence-electron chi connectivity index (χ2n) is 5.49. The number of para-hydroxylation sites is 1. The largest absolute Gasteiger partial charge is 0.491 e. The number of benzene rings is 1. The van der Waals surface area contributed by atoms with Crippen molar-refractivity contribution >= 4 is 12.4 Å². The molecule has 1 aliphatic rings. The molecule has 2 atom stereocenters. The van der Waals surface area contributed by atoms with Gasteiger partial charge in [0.05, 0.1) is 0 Å². The van der Waals surface area contributed by atoms with Crippen LogP contribution in [0.4, 0.5) is 0 Å². The maximum Gasteiger partial charge on any atom is 0.122 e. The highest BCUT2D eigenvalue weighted by atomic mass is 35.5.